The number of halogens is 2. The van der Waals surface area contributed by atoms with E-state index in [1.807, 2.05) is 42.6 Å². The lowest BCUT2D eigenvalue weighted by molar-refractivity contribution is -0.143. The number of fused-ring (bicyclic) bond motifs is 1. The number of alkyl halides is 2. The van der Waals surface area contributed by atoms with Gasteiger partial charge in [0.2, 0.25) is 0 Å². The lowest BCUT2D eigenvalue weighted by Gasteiger charge is -2.13. The highest BCUT2D eigenvalue weighted by Crippen LogP contribution is 2.25. The van der Waals surface area contributed by atoms with E-state index in [1.165, 1.54) is 12.1 Å². The van der Waals surface area contributed by atoms with Crippen molar-refractivity contribution in [3.05, 3.63) is 90.6 Å². The fourth-order valence-electron chi connectivity index (χ4n) is 3.63. The van der Waals surface area contributed by atoms with E-state index in [2.05, 4.69) is 21.4 Å². The quantitative estimate of drug-likeness (QED) is 0.194. The van der Waals surface area contributed by atoms with E-state index in [1.54, 1.807) is 29.6 Å². The van der Waals surface area contributed by atoms with E-state index in [4.69, 9.17) is 9.47 Å². The average Bonchev–Trinajstić information content (AvgIpc) is 3.30. The molecule has 1 atom stereocenters. The van der Waals surface area contributed by atoms with E-state index >= 15 is 0 Å². The van der Waals surface area contributed by atoms with Gasteiger partial charge in [-0.2, -0.15) is 8.78 Å². The lowest BCUT2D eigenvalue weighted by atomic mass is 9.96. The van der Waals surface area contributed by atoms with Crippen LogP contribution in [0, 0.1) is 0 Å². The molecule has 0 radical (unpaired) electrons. The predicted molar refractivity (Wildman–Crippen MR) is 130 cm³/mol. The highest BCUT2D eigenvalue weighted by Gasteiger charge is 2.14. The van der Waals surface area contributed by atoms with Crippen molar-refractivity contribution in [2.45, 2.75) is 32.5 Å². The summed E-state index contributed by atoms with van der Waals surface area (Å²) < 4.78 is 41.6. The number of ether oxygens (including phenoxy) is 3. The van der Waals surface area contributed by atoms with E-state index in [-0.39, 0.29) is 24.1 Å². The van der Waals surface area contributed by atoms with Crippen LogP contribution in [0.1, 0.15) is 30.4 Å². The van der Waals surface area contributed by atoms with Gasteiger partial charge in [0.05, 0.1) is 13.0 Å². The molecule has 0 N–H and O–H groups in total. The van der Waals surface area contributed by atoms with Crippen molar-refractivity contribution in [2.75, 3.05) is 6.61 Å². The van der Waals surface area contributed by atoms with Crippen molar-refractivity contribution in [3.63, 3.8) is 0 Å². The number of nitrogens with zero attached hydrogens (tertiary/aromatic N) is 3. The van der Waals surface area contributed by atoms with Gasteiger partial charge in [0.1, 0.15) is 18.1 Å². The third-order valence-electron chi connectivity index (χ3n) is 5.42. The first kappa shape index (κ1) is 24.8. The zero-order valence-electron chi connectivity index (χ0n) is 19.6. The number of hydrogen-bond acceptors (Lipinski definition) is 6. The third kappa shape index (κ3) is 6.24. The second-order valence-electron chi connectivity index (χ2n) is 7.89. The van der Waals surface area contributed by atoms with Gasteiger partial charge in [-0.1, -0.05) is 24.3 Å². The van der Waals surface area contributed by atoms with Crippen LogP contribution in [0.5, 0.6) is 11.5 Å². The second kappa shape index (κ2) is 11.4. The maximum absolute atomic E-state index is 12.3. The first-order chi connectivity index (χ1) is 17.4. The predicted octanol–water partition coefficient (Wildman–Crippen LogP) is 5.80. The molecule has 0 saturated carbocycles. The van der Waals surface area contributed by atoms with Crippen molar-refractivity contribution >= 4 is 11.6 Å². The number of carbonyl (C=O) groups excluding carboxylic acids is 1. The number of esters is 1. The van der Waals surface area contributed by atoms with Crippen molar-refractivity contribution in [3.8, 4) is 22.9 Å². The molecule has 0 aliphatic heterocycles. The highest BCUT2D eigenvalue weighted by molar-refractivity contribution is 5.71. The Balaban J connectivity index is 1.39. The molecule has 4 rings (SSSR count). The summed E-state index contributed by atoms with van der Waals surface area (Å²) in [6, 6.07) is 17.4. The summed E-state index contributed by atoms with van der Waals surface area (Å²) in [7, 11) is 0. The van der Waals surface area contributed by atoms with E-state index in [0.717, 1.165) is 11.1 Å². The van der Waals surface area contributed by atoms with Crippen LogP contribution in [0.25, 0.3) is 17.0 Å². The molecule has 0 amide bonds. The summed E-state index contributed by atoms with van der Waals surface area (Å²) in [5.41, 5.74) is 3.16. The summed E-state index contributed by atoms with van der Waals surface area (Å²) >= 11 is 0. The molecule has 36 heavy (non-hydrogen) atoms. The fraction of sp³-hybridized carbons (Fsp3) is 0.222. The second-order valence-corrected chi connectivity index (χ2v) is 7.89. The standard InChI is InChI=1S/C27H25F2N3O4/c1-3-19(15-25(33)34-4-2)20-6-10-22(11-7-20)35-17-18-5-14-24-30-26(31-32(24)16-18)21-8-12-23(13-9-21)36-27(28)29/h3,5-14,16,19,27H,1,4,15,17H2,2H3/t19-/m0/s1. The topological polar surface area (TPSA) is 75.0 Å². The fourth-order valence-corrected chi connectivity index (χ4v) is 3.63. The van der Waals surface area contributed by atoms with E-state index < -0.39 is 6.61 Å². The van der Waals surface area contributed by atoms with Crippen LogP contribution in [0.3, 0.4) is 0 Å². The minimum absolute atomic E-state index is 0.0731. The van der Waals surface area contributed by atoms with Crippen molar-refractivity contribution in [1.29, 1.82) is 0 Å². The number of pyridine rings is 1. The molecule has 186 valence electrons. The molecule has 2 heterocycles. The molecule has 0 spiro atoms. The maximum atomic E-state index is 12.3. The minimum atomic E-state index is -2.87. The zero-order valence-corrected chi connectivity index (χ0v) is 19.6. The van der Waals surface area contributed by atoms with Crippen LogP contribution in [0.2, 0.25) is 0 Å². The first-order valence-corrected chi connectivity index (χ1v) is 11.4. The molecule has 0 saturated heterocycles. The van der Waals surface area contributed by atoms with Gasteiger partial charge in [0, 0.05) is 23.2 Å². The van der Waals surface area contributed by atoms with Crippen molar-refractivity contribution in [1.82, 2.24) is 14.6 Å². The van der Waals surface area contributed by atoms with Gasteiger partial charge in [0.15, 0.2) is 11.5 Å². The van der Waals surface area contributed by atoms with Crippen molar-refractivity contribution in [2.24, 2.45) is 0 Å². The Morgan fingerprint density at radius 3 is 2.44 bits per heavy atom. The molecular formula is C27H25F2N3O4. The largest absolute Gasteiger partial charge is 0.489 e. The molecule has 2 aromatic heterocycles. The van der Waals surface area contributed by atoms with Gasteiger partial charge in [-0.3, -0.25) is 4.79 Å². The SMILES string of the molecule is C=C[C@@H](CC(=O)OCC)c1ccc(OCc2ccc3nc(-c4ccc(OC(F)F)cc4)nn3c2)cc1. The van der Waals surface area contributed by atoms with Crippen LogP contribution in [0.15, 0.2) is 79.5 Å². The third-order valence-corrected chi connectivity index (χ3v) is 5.42. The highest BCUT2D eigenvalue weighted by atomic mass is 19.3. The molecule has 9 heteroatoms. The van der Waals surface area contributed by atoms with Crippen LogP contribution in [0.4, 0.5) is 8.78 Å². The van der Waals surface area contributed by atoms with Gasteiger partial charge in [-0.25, -0.2) is 9.50 Å². The first-order valence-electron chi connectivity index (χ1n) is 11.4. The molecule has 0 unspecified atom stereocenters. The molecule has 0 bridgehead atoms. The molecular weight excluding hydrogens is 468 g/mol. The van der Waals surface area contributed by atoms with Crippen molar-refractivity contribution < 1.29 is 27.8 Å². The number of rotatable bonds is 11. The molecule has 4 aromatic rings. The van der Waals surface area contributed by atoms with Crippen LogP contribution < -0.4 is 9.47 Å². The van der Waals surface area contributed by atoms with Gasteiger partial charge in [-0.05, 0) is 55.0 Å². The number of allylic oxidation sites excluding steroid dienone is 1. The lowest BCUT2D eigenvalue weighted by Crippen LogP contribution is -2.09. The number of hydrogen-bond donors (Lipinski definition) is 0. The Bertz CT molecular complexity index is 1320. The monoisotopic (exact) mass is 493 g/mol. The summed E-state index contributed by atoms with van der Waals surface area (Å²) in [5.74, 6) is 0.834. The molecule has 0 fully saturated rings. The van der Waals surface area contributed by atoms with Gasteiger partial charge in [-0.15, -0.1) is 11.7 Å². The summed E-state index contributed by atoms with van der Waals surface area (Å²) in [5, 5.41) is 4.48. The Hall–Kier alpha value is -4.27. The molecule has 0 aliphatic rings. The maximum Gasteiger partial charge on any atom is 0.387 e. The van der Waals surface area contributed by atoms with E-state index in [0.29, 0.717) is 36.0 Å². The normalized spacial score (nSPS) is 11.9. The van der Waals surface area contributed by atoms with Gasteiger partial charge < -0.3 is 14.2 Å². The Labute approximate surface area is 206 Å². The summed E-state index contributed by atoms with van der Waals surface area (Å²) in [6.45, 7) is 3.40. The van der Waals surface area contributed by atoms with Crippen LogP contribution in [-0.2, 0) is 16.1 Å². The average molecular weight is 494 g/mol. The zero-order chi connectivity index (χ0) is 25.5. The smallest absolute Gasteiger partial charge is 0.387 e. The Kier molecular flexibility index (Phi) is 7.89. The van der Waals surface area contributed by atoms with E-state index in [9.17, 15) is 13.6 Å². The number of benzene rings is 2. The van der Waals surface area contributed by atoms with Gasteiger partial charge in [0.25, 0.3) is 0 Å². The molecule has 7 nitrogen and oxygen atoms in total. The molecule has 0 aliphatic carbocycles. The minimum Gasteiger partial charge on any atom is -0.489 e. The Morgan fingerprint density at radius 1 is 1.06 bits per heavy atom. The van der Waals surface area contributed by atoms with Gasteiger partial charge >= 0.3 is 12.6 Å². The number of aromatic nitrogens is 3. The van der Waals surface area contributed by atoms with Crippen LogP contribution in [-0.4, -0.2) is 33.8 Å². The summed E-state index contributed by atoms with van der Waals surface area (Å²) in [4.78, 5) is 16.3. The van der Waals surface area contributed by atoms with Crippen LogP contribution >= 0.6 is 0 Å². The summed E-state index contributed by atoms with van der Waals surface area (Å²) in [6.07, 6.45) is 3.80. The number of carbonyl (C=O) groups is 1. The molecule has 2 aromatic carbocycles. The Morgan fingerprint density at radius 2 is 1.78 bits per heavy atom.